The van der Waals surface area contributed by atoms with Crippen LogP contribution in [0.2, 0.25) is 0 Å². The number of fused-ring (bicyclic) bond motifs is 1. The van der Waals surface area contributed by atoms with Crippen LogP contribution in [-0.2, 0) is 4.79 Å². The maximum Gasteiger partial charge on any atom is 0.220 e. The lowest BCUT2D eigenvalue weighted by Crippen LogP contribution is -2.49. The zero-order valence-electron chi connectivity index (χ0n) is 7.84. The molecule has 2 atom stereocenters. The van der Waals surface area contributed by atoms with Crippen molar-refractivity contribution in [2.45, 2.75) is 31.7 Å². The van der Waals surface area contributed by atoms with Gasteiger partial charge in [0.05, 0.1) is 5.54 Å². The number of rotatable bonds is 1. The van der Waals surface area contributed by atoms with E-state index < -0.39 is 0 Å². The fourth-order valence-corrected chi connectivity index (χ4v) is 2.22. The van der Waals surface area contributed by atoms with Crippen LogP contribution in [0, 0.1) is 17.9 Å². The maximum absolute atomic E-state index is 11.0. The Morgan fingerprint density at radius 2 is 2.46 bits per heavy atom. The molecule has 1 fully saturated rings. The average molecular weight is 178 g/mol. The summed E-state index contributed by atoms with van der Waals surface area (Å²) in [5.41, 5.74) is 5.36. The van der Waals surface area contributed by atoms with Crippen LogP contribution in [-0.4, -0.2) is 22.9 Å². The number of hydrogen-bond acceptors (Lipinski definition) is 2. The van der Waals surface area contributed by atoms with Crippen molar-refractivity contribution in [1.82, 2.24) is 4.90 Å². The molecule has 1 saturated heterocycles. The first-order valence-electron chi connectivity index (χ1n) is 4.67. The van der Waals surface area contributed by atoms with Crippen molar-refractivity contribution in [2.24, 2.45) is 11.7 Å². The number of amides is 1. The van der Waals surface area contributed by atoms with E-state index in [4.69, 9.17) is 5.73 Å². The molecule has 0 aromatic carbocycles. The van der Waals surface area contributed by atoms with Crippen molar-refractivity contribution in [2.75, 3.05) is 6.54 Å². The van der Waals surface area contributed by atoms with Gasteiger partial charge in [0.25, 0.3) is 0 Å². The van der Waals surface area contributed by atoms with Gasteiger partial charge in [-0.1, -0.05) is 5.92 Å². The van der Waals surface area contributed by atoms with Gasteiger partial charge in [-0.05, 0) is 19.8 Å². The van der Waals surface area contributed by atoms with Crippen molar-refractivity contribution in [1.29, 1.82) is 0 Å². The number of carbonyl (C=O) groups is 1. The van der Waals surface area contributed by atoms with Gasteiger partial charge in [0.2, 0.25) is 5.91 Å². The predicted molar refractivity (Wildman–Crippen MR) is 49.4 cm³/mol. The molecular formula is C10H14N2O. The van der Waals surface area contributed by atoms with Gasteiger partial charge in [0.1, 0.15) is 0 Å². The van der Waals surface area contributed by atoms with Crippen LogP contribution in [0.1, 0.15) is 26.2 Å². The quantitative estimate of drug-likeness (QED) is 0.587. The summed E-state index contributed by atoms with van der Waals surface area (Å²) in [7, 11) is 0. The number of hydrogen-bond donors (Lipinski definition) is 1. The summed E-state index contributed by atoms with van der Waals surface area (Å²) in [6, 6.07) is 3.09. The predicted octanol–water partition coefficient (Wildman–Crippen LogP) is 0.307. The van der Waals surface area contributed by atoms with Gasteiger partial charge in [0.15, 0.2) is 0 Å². The van der Waals surface area contributed by atoms with E-state index in [1.807, 2.05) is 0 Å². The molecule has 3 heteroatoms. The summed E-state index contributed by atoms with van der Waals surface area (Å²) in [6.07, 6.45) is 2.58. The Morgan fingerprint density at radius 1 is 1.69 bits per heavy atom. The molecule has 70 valence electrons. The van der Waals surface area contributed by atoms with E-state index in [1.54, 1.807) is 0 Å². The maximum atomic E-state index is 11.0. The molecule has 2 N–H and O–H groups in total. The first kappa shape index (κ1) is 8.43. The number of piperidine rings is 1. The highest BCUT2D eigenvalue weighted by molar-refractivity contribution is 5.77. The largest absolute Gasteiger partial charge is 0.369 e. The molecule has 2 rings (SSSR count). The van der Waals surface area contributed by atoms with E-state index in [0.29, 0.717) is 0 Å². The molecule has 2 aliphatic rings. The first-order chi connectivity index (χ1) is 6.12. The molecule has 0 radical (unpaired) electrons. The Hall–Kier alpha value is -1.17. The lowest BCUT2D eigenvalue weighted by molar-refractivity contribution is -0.124. The second-order valence-electron chi connectivity index (χ2n) is 4.21. The Balaban J connectivity index is 2.11. The number of nitrogens with two attached hydrogens (primary N) is 1. The highest BCUT2D eigenvalue weighted by atomic mass is 16.1. The molecule has 2 heterocycles. The van der Waals surface area contributed by atoms with Crippen molar-refractivity contribution >= 4 is 5.91 Å². The third-order valence-electron chi connectivity index (χ3n) is 3.12. The normalized spacial score (nSPS) is 36.4. The van der Waals surface area contributed by atoms with Gasteiger partial charge in [-0.15, -0.1) is 0 Å². The lowest BCUT2D eigenvalue weighted by Gasteiger charge is -2.41. The molecule has 0 saturated carbocycles. The van der Waals surface area contributed by atoms with Crippen LogP contribution < -0.4 is 5.73 Å². The molecule has 2 unspecified atom stereocenters. The second-order valence-corrected chi connectivity index (χ2v) is 4.21. The van der Waals surface area contributed by atoms with Crippen molar-refractivity contribution in [3.8, 4) is 12.0 Å². The standard InChI is InChI=1S/C10H14N2O/c1-10-4-2-5-12(10)6-3-8(7-10)9(11)13/h8H,3-4,6-7H2,1H3,(H2,11,13). The Kier molecular flexibility index (Phi) is 1.73. The van der Waals surface area contributed by atoms with Gasteiger partial charge in [0, 0.05) is 24.9 Å². The number of primary amides is 1. The Morgan fingerprint density at radius 3 is 3.15 bits per heavy atom. The van der Waals surface area contributed by atoms with Crippen LogP contribution in [0.25, 0.3) is 0 Å². The van der Waals surface area contributed by atoms with Crippen molar-refractivity contribution < 1.29 is 4.79 Å². The first-order valence-corrected chi connectivity index (χ1v) is 4.67. The zero-order valence-corrected chi connectivity index (χ0v) is 7.84. The minimum atomic E-state index is -0.159. The SMILES string of the molecule is CC12CC#CN1CCC(C(N)=O)C2. The van der Waals surface area contributed by atoms with Gasteiger partial charge >= 0.3 is 0 Å². The van der Waals surface area contributed by atoms with Crippen LogP contribution in [0.4, 0.5) is 0 Å². The molecule has 0 aromatic rings. The van der Waals surface area contributed by atoms with E-state index in [-0.39, 0.29) is 17.4 Å². The van der Waals surface area contributed by atoms with Gasteiger partial charge in [-0.3, -0.25) is 4.79 Å². The van der Waals surface area contributed by atoms with E-state index >= 15 is 0 Å². The van der Waals surface area contributed by atoms with Gasteiger partial charge in [-0.2, -0.15) is 0 Å². The smallest absolute Gasteiger partial charge is 0.220 e. The van der Waals surface area contributed by atoms with Crippen LogP contribution in [0.15, 0.2) is 0 Å². The van der Waals surface area contributed by atoms with Crippen molar-refractivity contribution in [3.63, 3.8) is 0 Å². The number of nitrogens with zero attached hydrogens (tertiary/aromatic N) is 1. The Labute approximate surface area is 78.3 Å². The molecule has 0 aliphatic carbocycles. The third kappa shape index (κ3) is 1.27. The minimum Gasteiger partial charge on any atom is -0.369 e. The summed E-state index contributed by atoms with van der Waals surface area (Å²) >= 11 is 0. The van der Waals surface area contributed by atoms with Gasteiger partial charge in [-0.25, -0.2) is 0 Å². The van der Waals surface area contributed by atoms with E-state index in [1.165, 1.54) is 0 Å². The molecule has 13 heavy (non-hydrogen) atoms. The van der Waals surface area contributed by atoms with Gasteiger partial charge < -0.3 is 10.6 Å². The fourth-order valence-electron chi connectivity index (χ4n) is 2.22. The molecule has 0 spiro atoms. The zero-order chi connectivity index (χ0) is 9.47. The molecule has 0 aromatic heterocycles. The lowest BCUT2D eigenvalue weighted by atomic mass is 9.81. The molecule has 3 nitrogen and oxygen atoms in total. The van der Waals surface area contributed by atoms with Crippen molar-refractivity contribution in [3.05, 3.63) is 0 Å². The Bertz CT molecular complexity index is 302. The van der Waals surface area contributed by atoms with E-state index in [9.17, 15) is 4.79 Å². The fraction of sp³-hybridized carbons (Fsp3) is 0.700. The molecular weight excluding hydrogens is 164 g/mol. The van der Waals surface area contributed by atoms with Crippen LogP contribution >= 0.6 is 0 Å². The average Bonchev–Trinajstić information content (AvgIpc) is 2.44. The highest BCUT2D eigenvalue weighted by Crippen LogP contribution is 2.35. The minimum absolute atomic E-state index is 0.0444. The summed E-state index contributed by atoms with van der Waals surface area (Å²) < 4.78 is 0. The summed E-state index contributed by atoms with van der Waals surface area (Å²) in [5.74, 6) is 2.97. The van der Waals surface area contributed by atoms with Crippen LogP contribution in [0.5, 0.6) is 0 Å². The monoisotopic (exact) mass is 178 g/mol. The van der Waals surface area contributed by atoms with E-state index in [0.717, 1.165) is 25.8 Å². The molecule has 1 amide bonds. The van der Waals surface area contributed by atoms with Crippen LogP contribution in [0.3, 0.4) is 0 Å². The van der Waals surface area contributed by atoms with E-state index in [2.05, 4.69) is 23.8 Å². The highest BCUT2D eigenvalue weighted by Gasteiger charge is 2.40. The number of carbonyl (C=O) groups excluding carboxylic acids is 1. The third-order valence-corrected chi connectivity index (χ3v) is 3.12. The summed E-state index contributed by atoms with van der Waals surface area (Å²) in [4.78, 5) is 13.2. The summed E-state index contributed by atoms with van der Waals surface area (Å²) in [5, 5.41) is 0. The topological polar surface area (TPSA) is 46.3 Å². The molecule has 2 aliphatic heterocycles. The molecule has 0 bridgehead atoms. The summed E-state index contributed by atoms with van der Waals surface area (Å²) in [6.45, 7) is 3.03. The second kappa shape index (κ2) is 2.66.